The number of anilines is 1. The first-order chi connectivity index (χ1) is 9.70. The number of nitrogens with zero attached hydrogens (tertiary/aromatic N) is 2. The second kappa shape index (κ2) is 6.91. The first kappa shape index (κ1) is 14.3. The van der Waals surface area contributed by atoms with Gasteiger partial charge in [0, 0.05) is 11.9 Å². The summed E-state index contributed by atoms with van der Waals surface area (Å²) in [5, 5.41) is 13.5. The molecule has 0 atom stereocenters. The fraction of sp³-hybridized carbons (Fsp3) is 0.412. The molecule has 0 fully saturated rings. The van der Waals surface area contributed by atoms with E-state index in [0.717, 1.165) is 35.6 Å². The topological polar surface area (TPSA) is 48.7 Å². The predicted molar refractivity (Wildman–Crippen MR) is 83.6 cm³/mol. The van der Waals surface area contributed by atoms with Crippen molar-refractivity contribution >= 4 is 16.7 Å². The second-order valence-corrected chi connectivity index (χ2v) is 5.50. The highest BCUT2D eigenvalue weighted by Crippen LogP contribution is 2.20. The Morgan fingerprint density at radius 2 is 2.05 bits per heavy atom. The summed E-state index contributed by atoms with van der Waals surface area (Å²) >= 11 is 0. The molecule has 1 N–H and O–H groups in total. The number of rotatable bonds is 6. The van der Waals surface area contributed by atoms with Crippen LogP contribution in [0.5, 0.6) is 0 Å². The molecule has 0 aliphatic carbocycles. The molecule has 20 heavy (non-hydrogen) atoms. The Bertz CT molecular complexity index is 611. The summed E-state index contributed by atoms with van der Waals surface area (Å²) in [6.07, 6.45) is 3.62. The number of fused-ring (bicyclic) bond motifs is 1. The minimum absolute atomic E-state index is 0.681. The standard InChI is InChI=1S/C17H21N3/c1-13(2)7-5-6-10-19-17-11-14(12-18)15-8-3-4-9-16(15)20-17/h3-4,8-9,11,13H,5-7,10H2,1-2H3,(H,19,20). The van der Waals surface area contributed by atoms with E-state index in [1.165, 1.54) is 12.8 Å². The minimum Gasteiger partial charge on any atom is -0.370 e. The molecule has 104 valence electrons. The highest BCUT2D eigenvalue weighted by molar-refractivity contribution is 5.86. The molecule has 0 amide bonds. The van der Waals surface area contributed by atoms with Gasteiger partial charge in [-0.25, -0.2) is 4.98 Å². The maximum Gasteiger partial charge on any atom is 0.127 e. The molecule has 0 saturated heterocycles. The summed E-state index contributed by atoms with van der Waals surface area (Å²) in [5.41, 5.74) is 1.55. The van der Waals surface area contributed by atoms with Gasteiger partial charge in [0.05, 0.1) is 17.1 Å². The normalized spacial score (nSPS) is 10.7. The van der Waals surface area contributed by atoms with Crippen molar-refractivity contribution in [3.63, 3.8) is 0 Å². The van der Waals surface area contributed by atoms with E-state index in [-0.39, 0.29) is 0 Å². The average molecular weight is 267 g/mol. The average Bonchev–Trinajstić information content (AvgIpc) is 2.45. The van der Waals surface area contributed by atoms with Gasteiger partial charge in [-0.15, -0.1) is 0 Å². The number of hydrogen-bond donors (Lipinski definition) is 1. The molecular weight excluding hydrogens is 246 g/mol. The lowest BCUT2D eigenvalue weighted by molar-refractivity contribution is 0.544. The maximum absolute atomic E-state index is 9.23. The van der Waals surface area contributed by atoms with Crippen LogP contribution < -0.4 is 5.32 Å². The summed E-state index contributed by atoms with van der Waals surface area (Å²) in [4.78, 5) is 4.55. The SMILES string of the molecule is CC(C)CCCCNc1cc(C#N)c2ccccc2n1. The van der Waals surface area contributed by atoms with Gasteiger partial charge in [-0.05, 0) is 24.5 Å². The zero-order valence-corrected chi connectivity index (χ0v) is 12.2. The number of benzene rings is 1. The van der Waals surface area contributed by atoms with Crippen LogP contribution in [0.3, 0.4) is 0 Å². The van der Waals surface area contributed by atoms with Gasteiger partial charge in [0.2, 0.25) is 0 Å². The van der Waals surface area contributed by atoms with Crippen LogP contribution in [0.15, 0.2) is 30.3 Å². The van der Waals surface area contributed by atoms with Crippen LogP contribution in [0.25, 0.3) is 10.9 Å². The number of hydrogen-bond acceptors (Lipinski definition) is 3. The van der Waals surface area contributed by atoms with Crippen molar-refractivity contribution in [1.82, 2.24) is 4.98 Å². The Hall–Kier alpha value is -2.08. The number of unbranched alkanes of at least 4 members (excludes halogenated alkanes) is 1. The number of nitrogens with one attached hydrogen (secondary N) is 1. The largest absolute Gasteiger partial charge is 0.370 e. The highest BCUT2D eigenvalue weighted by atomic mass is 15.0. The van der Waals surface area contributed by atoms with Gasteiger partial charge in [0.1, 0.15) is 5.82 Å². The molecule has 0 aliphatic rings. The molecule has 1 aromatic heterocycles. The zero-order valence-electron chi connectivity index (χ0n) is 12.2. The molecule has 2 rings (SSSR count). The molecule has 1 heterocycles. The molecular formula is C17H21N3. The molecule has 0 aliphatic heterocycles. The second-order valence-electron chi connectivity index (χ2n) is 5.50. The van der Waals surface area contributed by atoms with Crippen LogP contribution >= 0.6 is 0 Å². The predicted octanol–water partition coefficient (Wildman–Crippen LogP) is 4.34. The maximum atomic E-state index is 9.23. The third kappa shape index (κ3) is 3.71. The fourth-order valence-corrected chi connectivity index (χ4v) is 2.25. The van der Waals surface area contributed by atoms with Crippen molar-refractivity contribution < 1.29 is 0 Å². The molecule has 2 aromatic rings. The molecule has 1 aromatic carbocycles. The van der Waals surface area contributed by atoms with E-state index in [2.05, 4.69) is 30.2 Å². The molecule has 0 saturated carbocycles. The van der Waals surface area contributed by atoms with E-state index < -0.39 is 0 Å². The summed E-state index contributed by atoms with van der Waals surface area (Å²) in [6, 6.07) is 11.8. The molecule has 0 unspecified atom stereocenters. The van der Waals surface area contributed by atoms with Crippen molar-refractivity contribution in [2.75, 3.05) is 11.9 Å². The third-order valence-electron chi connectivity index (χ3n) is 3.35. The fourth-order valence-electron chi connectivity index (χ4n) is 2.25. The van der Waals surface area contributed by atoms with Crippen LogP contribution in [-0.2, 0) is 0 Å². The quantitative estimate of drug-likeness (QED) is 0.792. The van der Waals surface area contributed by atoms with Gasteiger partial charge >= 0.3 is 0 Å². The van der Waals surface area contributed by atoms with Crippen molar-refractivity contribution in [3.8, 4) is 6.07 Å². The highest BCUT2D eigenvalue weighted by Gasteiger charge is 2.04. The number of aromatic nitrogens is 1. The van der Waals surface area contributed by atoms with Crippen LogP contribution in [-0.4, -0.2) is 11.5 Å². The molecule has 0 radical (unpaired) electrons. The smallest absolute Gasteiger partial charge is 0.127 e. The monoisotopic (exact) mass is 267 g/mol. The van der Waals surface area contributed by atoms with Crippen molar-refractivity contribution in [2.45, 2.75) is 33.1 Å². The summed E-state index contributed by atoms with van der Waals surface area (Å²) in [6.45, 7) is 5.40. The zero-order chi connectivity index (χ0) is 14.4. The third-order valence-corrected chi connectivity index (χ3v) is 3.35. The Labute approximate surface area is 120 Å². The molecule has 3 nitrogen and oxygen atoms in total. The first-order valence-electron chi connectivity index (χ1n) is 7.24. The van der Waals surface area contributed by atoms with E-state index in [9.17, 15) is 5.26 Å². The van der Waals surface area contributed by atoms with Crippen molar-refractivity contribution in [2.24, 2.45) is 5.92 Å². The molecule has 3 heteroatoms. The van der Waals surface area contributed by atoms with Crippen LogP contribution in [0.2, 0.25) is 0 Å². The Morgan fingerprint density at radius 3 is 2.80 bits per heavy atom. The molecule has 0 spiro atoms. The number of para-hydroxylation sites is 1. The summed E-state index contributed by atoms with van der Waals surface area (Å²) < 4.78 is 0. The van der Waals surface area contributed by atoms with E-state index >= 15 is 0 Å². The lowest BCUT2D eigenvalue weighted by Crippen LogP contribution is -2.04. The van der Waals surface area contributed by atoms with Gasteiger partial charge in [-0.3, -0.25) is 0 Å². The van der Waals surface area contributed by atoms with Gasteiger partial charge < -0.3 is 5.32 Å². The Morgan fingerprint density at radius 1 is 1.25 bits per heavy atom. The van der Waals surface area contributed by atoms with Crippen molar-refractivity contribution in [1.29, 1.82) is 5.26 Å². The van der Waals surface area contributed by atoms with Gasteiger partial charge in [0.25, 0.3) is 0 Å². The first-order valence-corrected chi connectivity index (χ1v) is 7.24. The summed E-state index contributed by atoms with van der Waals surface area (Å²) in [7, 11) is 0. The molecule has 0 bridgehead atoms. The number of pyridine rings is 1. The van der Waals surface area contributed by atoms with Crippen LogP contribution in [0.4, 0.5) is 5.82 Å². The van der Waals surface area contributed by atoms with E-state index in [0.29, 0.717) is 5.56 Å². The Kier molecular flexibility index (Phi) is 4.95. The van der Waals surface area contributed by atoms with Gasteiger partial charge in [-0.2, -0.15) is 5.26 Å². The summed E-state index contributed by atoms with van der Waals surface area (Å²) in [5.74, 6) is 1.56. The van der Waals surface area contributed by atoms with Gasteiger partial charge in [-0.1, -0.05) is 44.9 Å². The number of nitriles is 1. The van der Waals surface area contributed by atoms with E-state index in [1.807, 2.05) is 30.3 Å². The van der Waals surface area contributed by atoms with Crippen LogP contribution in [0.1, 0.15) is 38.7 Å². The van der Waals surface area contributed by atoms with Crippen molar-refractivity contribution in [3.05, 3.63) is 35.9 Å². The van der Waals surface area contributed by atoms with E-state index in [1.54, 1.807) is 0 Å². The Balaban J connectivity index is 2.02. The van der Waals surface area contributed by atoms with Gasteiger partial charge in [0.15, 0.2) is 0 Å². The minimum atomic E-state index is 0.681. The lowest BCUT2D eigenvalue weighted by Gasteiger charge is -2.08. The lowest BCUT2D eigenvalue weighted by atomic mass is 10.1. The van der Waals surface area contributed by atoms with E-state index in [4.69, 9.17) is 0 Å². The van der Waals surface area contributed by atoms with Crippen LogP contribution in [0, 0.1) is 17.2 Å².